The van der Waals surface area contributed by atoms with E-state index in [4.69, 9.17) is 0 Å². The van der Waals surface area contributed by atoms with Gasteiger partial charge in [0.2, 0.25) is 5.91 Å². The molecule has 0 spiro atoms. The van der Waals surface area contributed by atoms with Crippen molar-refractivity contribution in [2.45, 2.75) is 39.2 Å². The lowest BCUT2D eigenvalue weighted by molar-refractivity contribution is -0.133. The molecule has 0 bridgehead atoms. The number of nitrogens with zero attached hydrogens (tertiary/aromatic N) is 2. The van der Waals surface area contributed by atoms with Gasteiger partial charge in [0.1, 0.15) is 12.1 Å². The topological polar surface area (TPSA) is 107 Å². The number of aryl methyl sites for hydroxylation is 1. The molecule has 114 valence electrons. The second-order valence-electron chi connectivity index (χ2n) is 5.19. The molecule has 1 fully saturated rings. The van der Waals surface area contributed by atoms with Crippen molar-refractivity contribution < 1.29 is 14.4 Å². The number of imide groups is 1. The Morgan fingerprint density at radius 3 is 2.67 bits per heavy atom. The summed E-state index contributed by atoms with van der Waals surface area (Å²) in [5.74, 6) is -0.475. The van der Waals surface area contributed by atoms with Gasteiger partial charge in [-0.05, 0) is 19.8 Å². The quantitative estimate of drug-likeness (QED) is 0.692. The average molecular weight is 293 g/mol. The maximum atomic E-state index is 12.1. The third-order valence-electron chi connectivity index (χ3n) is 3.63. The number of H-pyrrole nitrogens is 1. The minimum absolute atomic E-state index is 0.325. The van der Waals surface area contributed by atoms with Gasteiger partial charge in [-0.25, -0.2) is 4.79 Å². The molecule has 2 heterocycles. The van der Waals surface area contributed by atoms with Crippen molar-refractivity contribution in [2.75, 3.05) is 11.9 Å². The first-order valence-electron chi connectivity index (χ1n) is 6.88. The highest BCUT2D eigenvalue weighted by Gasteiger charge is 2.46. The van der Waals surface area contributed by atoms with E-state index in [1.807, 2.05) is 6.92 Å². The summed E-state index contributed by atoms with van der Waals surface area (Å²) in [6.45, 7) is 5.08. The van der Waals surface area contributed by atoms with Crippen molar-refractivity contribution >= 4 is 23.7 Å². The summed E-state index contributed by atoms with van der Waals surface area (Å²) >= 11 is 0. The highest BCUT2D eigenvalue weighted by molar-refractivity contribution is 6.09. The van der Waals surface area contributed by atoms with Crippen LogP contribution in [0.1, 0.15) is 32.9 Å². The summed E-state index contributed by atoms with van der Waals surface area (Å²) in [5, 5.41) is 11.8. The number of carbonyl (C=O) groups excluding carboxylic acids is 3. The molecule has 1 aliphatic heterocycles. The van der Waals surface area contributed by atoms with Gasteiger partial charge in [-0.3, -0.25) is 19.6 Å². The van der Waals surface area contributed by atoms with Crippen LogP contribution in [0.5, 0.6) is 0 Å². The molecule has 1 aliphatic rings. The van der Waals surface area contributed by atoms with Crippen LogP contribution < -0.4 is 10.6 Å². The Balaban J connectivity index is 1.99. The van der Waals surface area contributed by atoms with E-state index in [9.17, 15) is 14.4 Å². The monoisotopic (exact) mass is 293 g/mol. The first kappa shape index (κ1) is 15.0. The van der Waals surface area contributed by atoms with Gasteiger partial charge in [0.25, 0.3) is 5.91 Å². The second-order valence-corrected chi connectivity index (χ2v) is 5.19. The van der Waals surface area contributed by atoms with Gasteiger partial charge >= 0.3 is 6.03 Å². The number of aromatic amines is 1. The zero-order valence-electron chi connectivity index (χ0n) is 12.3. The molecular weight excluding hydrogens is 274 g/mol. The third-order valence-corrected chi connectivity index (χ3v) is 3.63. The molecule has 0 aliphatic carbocycles. The summed E-state index contributed by atoms with van der Waals surface area (Å²) in [5.41, 5.74) is -0.0436. The molecule has 1 unspecified atom stereocenters. The number of anilines is 1. The maximum Gasteiger partial charge on any atom is 0.325 e. The lowest BCUT2D eigenvalue weighted by atomic mass is 9.99. The molecule has 0 radical (unpaired) electrons. The van der Waals surface area contributed by atoms with Crippen LogP contribution >= 0.6 is 0 Å². The third kappa shape index (κ3) is 2.88. The largest absolute Gasteiger partial charge is 0.325 e. The number of urea groups is 1. The molecular formula is C13H19N5O3. The molecule has 1 saturated heterocycles. The van der Waals surface area contributed by atoms with E-state index in [1.165, 1.54) is 0 Å². The Labute approximate surface area is 122 Å². The normalized spacial score (nSPS) is 21.6. The summed E-state index contributed by atoms with van der Waals surface area (Å²) in [6.07, 6.45) is 1.24. The van der Waals surface area contributed by atoms with Crippen LogP contribution in [0, 0.1) is 0 Å². The highest BCUT2D eigenvalue weighted by atomic mass is 16.2. The Morgan fingerprint density at radius 1 is 1.43 bits per heavy atom. The Kier molecular flexibility index (Phi) is 3.97. The van der Waals surface area contributed by atoms with Gasteiger partial charge in [0.15, 0.2) is 5.82 Å². The summed E-state index contributed by atoms with van der Waals surface area (Å²) in [6, 6.07) is 1.16. The fraction of sp³-hybridized carbons (Fsp3) is 0.538. The Bertz CT molecular complexity index is 582. The van der Waals surface area contributed by atoms with Gasteiger partial charge in [-0.1, -0.05) is 13.8 Å². The molecule has 2 rings (SSSR count). The van der Waals surface area contributed by atoms with Crippen molar-refractivity contribution in [3.8, 4) is 0 Å². The van der Waals surface area contributed by atoms with Crippen LogP contribution in [0.15, 0.2) is 6.07 Å². The first-order chi connectivity index (χ1) is 9.89. The lowest BCUT2D eigenvalue weighted by Gasteiger charge is -2.18. The fourth-order valence-corrected chi connectivity index (χ4v) is 2.06. The summed E-state index contributed by atoms with van der Waals surface area (Å²) < 4.78 is 0. The van der Waals surface area contributed by atoms with Gasteiger partial charge in [0.05, 0.1) is 0 Å². The van der Waals surface area contributed by atoms with Gasteiger partial charge in [-0.2, -0.15) is 5.10 Å². The maximum absolute atomic E-state index is 12.1. The number of hydrogen-bond donors (Lipinski definition) is 3. The van der Waals surface area contributed by atoms with Crippen LogP contribution in [0.2, 0.25) is 0 Å². The molecule has 3 N–H and O–H groups in total. The molecule has 0 saturated carbocycles. The van der Waals surface area contributed by atoms with Gasteiger partial charge in [0, 0.05) is 11.8 Å². The second kappa shape index (κ2) is 5.55. The van der Waals surface area contributed by atoms with Crippen LogP contribution in [0.4, 0.5) is 10.6 Å². The number of hydrogen-bond acceptors (Lipinski definition) is 4. The molecule has 1 aromatic rings. The summed E-state index contributed by atoms with van der Waals surface area (Å²) in [7, 11) is 0. The zero-order valence-corrected chi connectivity index (χ0v) is 12.3. The smallest absolute Gasteiger partial charge is 0.323 e. The van der Waals surface area contributed by atoms with Crippen molar-refractivity contribution in [3.63, 3.8) is 0 Å². The van der Waals surface area contributed by atoms with E-state index in [-0.39, 0.29) is 12.5 Å². The van der Waals surface area contributed by atoms with E-state index in [0.717, 1.165) is 17.0 Å². The SMILES string of the molecule is CCc1cc(NC(=O)CN2C(=O)NC(C)(CC)C2=O)n[nH]1. The predicted octanol–water partition coefficient (Wildman–Crippen LogP) is 0.631. The molecule has 21 heavy (non-hydrogen) atoms. The standard InChI is InChI=1S/C13H19N5O3/c1-4-8-6-9(17-16-8)14-10(19)7-18-11(20)13(3,5-2)15-12(18)21/h6H,4-5,7H2,1-3H3,(H,15,21)(H2,14,16,17,19). The van der Waals surface area contributed by atoms with Crippen LogP contribution in [0.25, 0.3) is 0 Å². The Morgan fingerprint density at radius 2 is 2.14 bits per heavy atom. The summed E-state index contributed by atoms with van der Waals surface area (Å²) in [4.78, 5) is 36.8. The number of aromatic nitrogens is 2. The van der Waals surface area contributed by atoms with Gasteiger partial charge < -0.3 is 10.6 Å². The van der Waals surface area contributed by atoms with Crippen LogP contribution in [-0.2, 0) is 16.0 Å². The van der Waals surface area contributed by atoms with Crippen molar-refractivity contribution in [2.24, 2.45) is 0 Å². The molecule has 4 amide bonds. The minimum atomic E-state index is -0.931. The van der Waals surface area contributed by atoms with E-state index >= 15 is 0 Å². The predicted molar refractivity (Wildman–Crippen MR) is 75.5 cm³/mol. The minimum Gasteiger partial charge on any atom is -0.323 e. The molecule has 1 atom stereocenters. The number of nitrogens with one attached hydrogen (secondary N) is 3. The fourth-order valence-electron chi connectivity index (χ4n) is 2.06. The average Bonchev–Trinajstić information content (AvgIpc) is 2.98. The molecule has 8 heteroatoms. The number of amides is 4. The molecule has 8 nitrogen and oxygen atoms in total. The van der Waals surface area contributed by atoms with Crippen LogP contribution in [0.3, 0.4) is 0 Å². The van der Waals surface area contributed by atoms with E-state index < -0.39 is 17.5 Å². The number of carbonyl (C=O) groups is 3. The van der Waals surface area contributed by atoms with Crippen molar-refractivity contribution in [3.05, 3.63) is 11.8 Å². The Hall–Kier alpha value is -2.38. The highest BCUT2D eigenvalue weighted by Crippen LogP contribution is 2.20. The number of rotatable bonds is 5. The van der Waals surface area contributed by atoms with E-state index in [2.05, 4.69) is 20.8 Å². The molecule has 1 aromatic heterocycles. The first-order valence-corrected chi connectivity index (χ1v) is 6.88. The molecule has 0 aromatic carbocycles. The van der Waals surface area contributed by atoms with E-state index in [1.54, 1.807) is 19.9 Å². The van der Waals surface area contributed by atoms with Crippen LogP contribution in [-0.4, -0.2) is 45.0 Å². The van der Waals surface area contributed by atoms with Crippen molar-refractivity contribution in [1.82, 2.24) is 20.4 Å². The van der Waals surface area contributed by atoms with Crippen molar-refractivity contribution in [1.29, 1.82) is 0 Å². The van der Waals surface area contributed by atoms with E-state index in [0.29, 0.717) is 12.2 Å². The zero-order chi connectivity index (χ0) is 15.6. The lowest BCUT2D eigenvalue weighted by Crippen LogP contribution is -2.44. The van der Waals surface area contributed by atoms with Gasteiger partial charge in [-0.15, -0.1) is 0 Å².